The Labute approximate surface area is 125 Å². The van der Waals surface area contributed by atoms with Crippen molar-refractivity contribution < 1.29 is 4.74 Å². The van der Waals surface area contributed by atoms with E-state index in [9.17, 15) is 0 Å². The quantitative estimate of drug-likeness (QED) is 0.748. The van der Waals surface area contributed by atoms with Crippen LogP contribution in [0.4, 0.5) is 0 Å². The molecule has 1 saturated carbocycles. The Bertz CT molecular complexity index is 629. The topological polar surface area (TPSA) is 35.0 Å². The molecule has 0 atom stereocenters. The molecule has 0 amide bonds. The molecule has 2 aromatic rings. The summed E-state index contributed by atoms with van der Waals surface area (Å²) < 4.78 is 6.53. The number of hydrogen-bond acceptors (Lipinski definition) is 3. The van der Waals surface area contributed by atoms with Crippen molar-refractivity contribution in [3.63, 3.8) is 0 Å². The average molecular weight is 340 g/mol. The van der Waals surface area contributed by atoms with E-state index in [1.165, 1.54) is 0 Å². The third-order valence-electron chi connectivity index (χ3n) is 2.98. The molecule has 1 aromatic heterocycles. The summed E-state index contributed by atoms with van der Waals surface area (Å²) in [7, 11) is 0. The molecular weight excluding hydrogens is 328 g/mol. The van der Waals surface area contributed by atoms with Gasteiger partial charge in [-0.25, -0.2) is 4.98 Å². The molecule has 3 nitrogen and oxygen atoms in total. The summed E-state index contributed by atoms with van der Waals surface area (Å²) in [6.45, 7) is 1.95. The highest BCUT2D eigenvalue weighted by Gasteiger charge is 2.27. The van der Waals surface area contributed by atoms with Crippen molar-refractivity contribution in [2.24, 2.45) is 0 Å². The second kappa shape index (κ2) is 5.10. The number of aromatic nitrogens is 2. The summed E-state index contributed by atoms with van der Waals surface area (Å²) in [6, 6.07) is 7.33. The van der Waals surface area contributed by atoms with Gasteiger partial charge in [-0.2, -0.15) is 4.98 Å². The molecule has 0 bridgehead atoms. The van der Waals surface area contributed by atoms with Gasteiger partial charge in [0.1, 0.15) is 16.2 Å². The lowest BCUT2D eigenvalue weighted by atomic mass is 10.2. The number of nitrogens with zero attached hydrogens (tertiary/aromatic N) is 2. The molecular formula is C14H12BrClN2O. The SMILES string of the molecule is Cc1cc(Oc2cc(Br)nc(C3CC3)n2)ccc1Cl. The Kier molecular flexibility index (Phi) is 3.46. The number of halogens is 2. The summed E-state index contributed by atoms with van der Waals surface area (Å²) in [5.41, 5.74) is 0.981. The molecule has 0 radical (unpaired) electrons. The molecule has 0 unspecified atom stereocenters. The van der Waals surface area contributed by atoms with Gasteiger partial charge in [0.2, 0.25) is 5.88 Å². The number of hydrogen-bond donors (Lipinski definition) is 0. The van der Waals surface area contributed by atoms with E-state index >= 15 is 0 Å². The first-order chi connectivity index (χ1) is 9.11. The molecule has 0 aliphatic heterocycles. The van der Waals surface area contributed by atoms with E-state index in [1.54, 1.807) is 6.07 Å². The molecule has 1 heterocycles. The molecule has 0 saturated heterocycles. The number of aryl methyl sites for hydroxylation is 1. The predicted octanol–water partition coefficient (Wildman–Crippen LogP) is 4.87. The average Bonchev–Trinajstić information content (AvgIpc) is 3.17. The standard InChI is InChI=1S/C14H12BrClN2O/c1-8-6-10(4-5-11(8)16)19-13-7-12(15)17-14(18-13)9-2-3-9/h4-7,9H,2-3H2,1H3. The zero-order valence-electron chi connectivity index (χ0n) is 10.4. The molecule has 0 spiro atoms. The zero-order chi connectivity index (χ0) is 13.4. The van der Waals surface area contributed by atoms with Crippen molar-refractivity contribution in [1.82, 2.24) is 9.97 Å². The van der Waals surface area contributed by atoms with Gasteiger partial charge in [0, 0.05) is 17.0 Å². The van der Waals surface area contributed by atoms with Gasteiger partial charge in [0.05, 0.1) is 0 Å². The molecule has 1 aliphatic rings. The molecule has 0 N–H and O–H groups in total. The maximum atomic E-state index is 6.00. The van der Waals surface area contributed by atoms with Crippen LogP contribution in [0.5, 0.6) is 11.6 Å². The van der Waals surface area contributed by atoms with Crippen LogP contribution in [-0.4, -0.2) is 9.97 Å². The largest absolute Gasteiger partial charge is 0.439 e. The van der Waals surface area contributed by atoms with Crippen LogP contribution in [0, 0.1) is 6.92 Å². The van der Waals surface area contributed by atoms with Crippen molar-refractivity contribution in [1.29, 1.82) is 0 Å². The number of ether oxygens (including phenoxy) is 1. The summed E-state index contributed by atoms with van der Waals surface area (Å²) >= 11 is 9.39. The van der Waals surface area contributed by atoms with Crippen LogP contribution in [0.2, 0.25) is 5.02 Å². The number of rotatable bonds is 3. The van der Waals surface area contributed by atoms with Crippen LogP contribution in [0.25, 0.3) is 0 Å². The first-order valence-electron chi connectivity index (χ1n) is 6.10. The first-order valence-corrected chi connectivity index (χ1v) is 7.27. The van der Waals surface area contributed by atoms with Gasteiger partial charge in [-0.1, -0.05) is 11.6 Å². The lowest BCUT2D eigenvalue weighted by Gasteiger charge is -2.08. The Balaban J connectivity index is 1.87. The van der Waals surface area contributed by atoms with E-state index < -0.39 is 0 Å². The highest BCUT2D eigenvalue weighted by atomic mass is 79.9. The molecule has 19 heavy (non-hydrogen) atoms. The second-order valence-electron chi connectivity index (χ2n) is 4.67. The summed E-state index contributed by atoms with van der Waals surface area (Å²) in [5.74, 6) is 2.64. The Morgan fingerprint density at radius 1 is 1.26 bits per heavy atom. The third kappa shape index (κ3) is 3.07. The molecule has 5 heteroatoms. The van der Waals surface area contributed by atoms with Gasteiger partial charge >= 0.3 is 0 Å². The van der Waals surface area contributed by atoms with Gasteiger partial charge < -0.3 is 4.74 Å². The van der Waals surface area contributed by atoms with E-state index in [0.29, 0.717) is 11.8 Å². The third-order valence-corrected chi connectivity index (χ3v) is 3.81. The van der Waals surface area contributed by atoms with Crippen molar-refractivity contribution in [3.8, 4) is 11.6 Å². The van der Waals surface area contributed by atoms with Crippen molar-refractivity contribution in [3.05, 3.63) is 45.3 Å². The van der Waals surface area contributed by atoms with Crippen LogP contribution < -0.4 is 4.74 Å². The van der Waals surface area contributed by atoms with Crippen molar-refractivity contribution in [2.45, 2.75) is 25.7 Å². The van der Waals surface area contributed by atoms with Crippen LogP contribution in [0.1, 0.15) is 30.1 Å². The predicted molar refractivity (Wildman–Crippen MR) is 78.0 cm³/mol. The molecule has 1 fully saturated rings. The van der Waals surface area contributed by atoms with Crippen molar-refractivity contribution >= 4 is 27.5 Å². The fourth-order valence-corrected chi connectivity index (χ4v) is 2.29. The van der Waals surface area contributed by atoms with Crippen LogP contribution >= 0.6 is 27.5 Å². The lowest BCUT2D eigenvalue weighted by Crippen LogP contribution is -1.96. The van der Waals surface area contributed by atoms with Gasteiger partial charge in [0.15, 0.2) is 0 Å². The first kappa shape index (κ1) is 12.9. The van der Waals surface area contributed by atoms with Gasteiger partial charge in [0.25, 0.3) is 0 Å². The molecule has 1 aromatic carbocycles. The van der Waals surface area contributed by atoms with Crippen LogP contribution in [0.15, 0.2) is 28.9 Å². The Hall–Kier alpha value is -1.13. The van der Waals surface area contributed by atoms with Gasteiger partial charge in [-0.3, -0.25) is 0 Å². The number of benzene rings is 1. The summed E-state index contributed by atoms with van der Waals surface area (Å²) in [4.78, 5) is 8.82. The fourth-order valence-electron chi connectivity index (χ4n) is 1.79. The van der Waals surface area contributed by atoms with Crippen molar-refractivity contribution in [2.75, 3.05) is 0 Å². The maximum Gasteiger partial charge on any atom is 0.223 e. The zero-order valence-corrected chi connectivity index (χ0v) is 12.7. The maximum absolute atomic E-state index is 6.00. The van der Waals surface area contributed by atoms with Gasteiger partial charge in [-0.15, -0.1) is 0 Å². The second-order valence-corrected chi connectivity index (χ2v) is 5.89. The Morgan fingerprint density at radius 2 is 2.05 bits per heavy atom. The van der Waals surface area contributed by atoms with Crippen LogP contribution in [-0.2, 0) is 0 Å². The lowest BCUT2D eigenvalue weighted by molar-refractivity contribution is 0.457. The van der Waals surface area contributed by atoms with Crippen LogP contribution in [0.3, 0.4) is 0 Å². The van der Waals surface area contributed by atoms with E-state index in [-0.39, 0.29) is 0 Å². The minimum Gasteiger partial charge on any atom is -0.439 e. The molecule has 98 valence electrons. The molecule has 1 aliphatic carbocycles. The summed E-state index contributed by atoms with van der Waals surface area (Å²) in [5, 5.41) is 0.731. The van der Waals surface area contributed by atoms with E-state index in [0.717, 1.165) is 39.6 Å². The minimum absolute atomic E-state index is 0.492. The highest BCUT2D eigenvalue weighted by Crippen LogP contribution is 2.39. The normalized spacial score (nSPS) is 14.5. The smallest absolute Gasteiger partial charge is 0.223 e. The Morgan fingerprint density at radius 3 is 2.74 bits per heavy atom. The fraction of sp³-hybridized carbons (Fsp3) is 0.286. The van der Waals surface area contributed by atoms with E-state index in [2.05, 4.69) is 25.9 Å². The molecule has 3 rings (SSSR count). The minimum atomic E-state index is 0.492. The monoisotopic (exact) mass is 338 g/mol. The van der Waals surface area contributed by atoms with E-state index in [1.807, 2.05) is 25.1 Å². The highest BCUT2D eigenvalue weighted by molar-refractivity contribution is 9.10. The summed E-state index contributed by atoms with van der Waals surface area (Å²) in [6.07, 6.45) is 2.33. The van der Waals surface area contributed by atoms with Gasteiger partial charge in [-0.05, 0) is 59.5 Å². The van der Waals surface area contributed by atoms with E-state index in [4.69, 9.17) is 16.3 Å².